The fourth-order valence-electron chi connectivity index (χ4n) is 1.68. The van der Waals surface area contributed by atoms with Crippen LogP contribution in [0.15, 0.2) is 46.8 Å². The summed E-state index contributed by atoms with van der Waals surface area (Å²) < 4.78 is 0. The molecule has 2 heterocycles. The van der Waals surface area contributed by atoms with Gasteiger partial charge < -0.3 is 5.11 Å². The van der Waals surface area contributed by atoms with E-state index in [2.05, 4.69) is 20.2 Å². The number of hydrogen-bond donors (Lipinski definition) is 2. The van der Waals surface area contributed by atoms with Crippen molar-refractivity contribution in [3.05, 3.63) is 42.2 Å². The second-order valence-corrected chi connectivity index (χ2v) is 4.67. The number of nitrogens with zero attached hydrogens (tertiary/aromatic N) is 3. The third kappa shape index (κ3) is 2.07. The molecule has 3 rings (SSSR count). The normalized spacial score (nSPS) is 10.9. The second-order valence-electron chi connectivity index (χ2n) is 3.70. The lowest BCUT2D eigenvalue weighted by atomic mass is 10.2. The molecule has 0 bridgehead atoms. The monoisotopic (exact) mass is 258 g/mol. The smallest absolute Gasteiger partial charge is 0.189 e. The standard InChI is InChI=1S/C12H10N4OS/c17-6-9-5-8-3-1-2-4-10(8)15-11(9)18-12-13-7-14-16-12/h1-5,7,17H,6H2,(H,13,14,16). The molecule has 90 valence electrons. The molecule has 2 N–H and O–H groups in total. The molecule has 0 radical (unpaired) electrons. The van der Waals surface area contributed by atoms with Gasteiger partial charge in [0.1, 0.15) is 11.4 Å². The van der Waals surface area contributed by atoms with Crippen molar-refractivity contribution in [2.24, 2.45) is 0 Å². The lowest BCUT2D eigenvalue weighted by Crippen LogP contribution is -1.93. The van der Waals surface area contributed by atoms with Crippen LogP contribution in [0.4, 0.5) is 0 Å². The van der Waals surface area contributed by atoms with Gasteiger partial charge in [-0.05, 0) is 23.9 Å². The van der Waals surface area contributed by atoms with Gasteiger partial charge in [-0.2, -0.15) is 5.10 Å². The maximum Gasteiger partial charge on any atom is 0.189 e. The number of benzene rings is 1. The summed E-state index contributed by atoms with van der Waals surface area (Å²) in [5, 5.41) is 18.4. The number of para-hydroxylation sites is 1. The Hall–Kier alpha value is -1.92. The number of fused-ring (bicyclic) bond motifs is 1. The predicted octanol–water partition coefficient (Wildman–Crippen LogP) is 2.00. The van der Waals surface area contributed by atoms with E-state index in [1.165, 1.54) is 18.1 Å². The molecule has 0 unspecified atom stereocenters. The highest BCUT2D eigenvalue weighted by Gasteiger charge is 2.09. The highest BCUT2D eigenvalue weighted by Crippen LogP contribution is 2.28. The molecular weight excluding hydrogens is 248 g/mol. The van der Waals surface area contributed by atoms with Gasteiger partial charge in [-0.1, -0.05) is 18.2 Å². The number of rotatable bonds is 3. The topological polar surface area (TPSA) is 74.7 Å². The van der Waals surface area contributed by atoms with Crippen LogP contribution in [0.1, 0.15) is 5.56 Å². The minimum absolute atomic E-state index is 0.0473. The fourth-order valence-corrected chi connectivity index (χ4v) is 2.46. The van der Waals surface area contributed by atoms with E-state index in [1.54, 1.807) is 0 Å². The minimum Gasteiger partial charge on any atom is -0.392 e. The molecule has 3 aromatic rings. The fraction of sp³-hybridized carbons (Fsp3) is 0.0833. The van der Waals surface area contributed by atoms with Gasteiger partial charge in [-0.25, -0.2) is 9.97 Å². The van der Waals surface area contributed by atoms with Crippen LogP contribution in [0.3, 0.4) is 0 Å². The molecule has 0 aliphatic carbocycles. The maximum atomic E-state index is 9.41. The number of H-pyrrole nitrogens is 1. The van der Waals surface area contributed by atoms with E-state index in [1.807, 2.05) is 30.3 Å². The van der Waals surface area contributed by atoms with Crippen LogP contribution in [0, 0.1) is 0 Å². The molecule has 1 aromatic carbocycles. The van der Waals surface area contributed by atoms with Gasteiger partial charge in [-0.3, -0.25) is 5.10 Å². The van der Waals surface area contributed by atoms with Gasteiger partial charge >= 0.3 is 0 Å². The summed E-state index contributed by atoms with van der Waals surface area (Å²) >= 11 is 1.36. The summed E-state index contributed by atoms with van der Waals surface area (Å²) in [6.07, 6.45) is 1.45. The quantitative estimate of drug-likeness (QED) is 0.751. The molecule has 18 heavy (non-hydrogen) atoms. The Balaban J connectivity index is 2.09. The Labute approximate surface area is 107 Å². The molecule has 0 spiro atoms. The number of aromatic amines is 1. The van der Waals surface area contributed by atoms with Gasteiger partial charge in [0.25, 0.3) is 0 Å². The second kappa shape index (κ2) is 4.75. The van der Waals surface area contributed by atoms with Crippen molar-refractivity contribution in [1.82, 2.24) is 20.2 Å². The molecule has 6 heteroatoms. The Morgan fingerprint density at radius 2 is 2.17 bits per heavy atom. The minimum atomic E-state index is -0.0473. The first kappa shape index (κ1) is 11.2. The Kier molecular flexibility index (Phi) is 2.95. The number of aromatic nitrogens is 4. The zero-order valence-corrected chi connectivity index (χ0v) is 10.2. The molecule has 0 aliphatic heterocycles. The molecule has 0 fully saturated rings. The molecule has 0 saturated carbocycles. The number of hydrogen-bond acceptors (Lipinski definition) is 5. The summed E-state index contributed by atoms with van der Waals surface area (Å²) in [4.78, 5) is 8.58. The number of nitrogens with one attached hydrogen (secondary N) is 1. The summed E-state index contributed by atoms with van der Waals surface area (Å²) in [6, 6.07) is 9.76. The van der Waals surface area contributed by atoms with E-state index in [4.69, 9.17) is 0 Å². The maximum absolute atomic E-state index is 9.41. The molecule has 5 nitrogen and oxygen atoms in total. The van der Waals surface area contributed by atoms with Crippen molar-refractivity contribution in [3.63, 3.8) is 0 Å². The van der Waals surface area contributed by atoms with Crippen molar-refractivity contribution >= 4 is 22.7 Å². The molecule has 2 aromatic heterocycles. The molecule has 0 atom stereocenters. The lowest BCUT2D eigenvalue weighted by molar-refractivity contribution is 0.278. The first-order chi connectivity index (χ1) is 8.86. The van der Waals surface area contributed by atoms with Crippen molar-refractivity contribution in [3.8, 4) is 0 Å². The van der Waals surface area contributed by atoms with Crippen molar-refractivity contribution < 1.29 is 5.11 Å². The van der Waals surface area contributed by atoms with E-state index < -0.39 is 0 Å². The molecule has 0 saturated heterocycles. The third-order valence-corrected chi connectivity index (χ3v) is 3.46. The van der Waals surface area contributed by atoms with Gasteiger partial charge in [0.15, 0.2) is 5.16 Å². The summed E-state index contributed by atoms with van der Waals surface area (Å²) in [5.74, 6) is 0. The molecular formula is C12H10N4OS. The van der Waals surface area contributed by atoms with Crippen LogP contribution in [-0.4, -0.2) is 25.3 Å². The summed E-state index contributed by atoms with van der Waals surface area (Å²) in [5.41, 5.74) is 1.69. The highest BCUT2D eigenvalue weighted by atomic mass is 32.2. The van der Waals surface area contributed by atoms with Crippen molar-refractivity contribution in [2.75, 3.05) is 0 Å². The molecule has 0 aliphatic rings. The Morgan fingerprint density at radius 3 is 2.94 bits per heavy atom. The van der Waals surface area contributed by atoms with E-state index in [9.17, 15) is 5.11 Å². The predicted molar refractivity (Wildman–Crippen MR) is 68.2 cm³/mol. The van der Waals surface area contributed by atoms with E-state index in [0.29, 0.717) is 5.16 Å². The van der Waals surface area contributed by atoms with Gasteiger partial charge in [0.05, 0.1) is 12.1 Å². The molecule has 0 amide bonds. The van der Waals surface area contributed by atoms with Crippen LogP contribution < -0.4 is 0 Å². The first-order valence-electron chi connectivity index (χ1n) is 5.39. The summed E-state index contributed by atoms with van der Waals surface area (Å²) in [7, 11) is 0. The number of pyridine rings is 1. The average molecular weight is 258 g/mol. The number of aliphatic hydroxyl groups excluding tert-OH is 1. The van der Waals surface area contributed by atoms with Crippen molar-refractivity contribution in [2.45, 2.75) is 16.8 Å². The van der Waals surface area contributed by atoms with Gasteiger partial charge in [0, 0.05) is 10.9 Å². The van der Waals surface area contributed by atoms with Crippen molar-refractivity contribution in [1.29, 1.82) is 0 Å². The zero-order chi connectivity index (χ0) is 12.4. The number of aliphatic hydroxyl groups is 1. The Morgan fingerprint density at radius 1 is 1.28 bits per heavy atom. The van der Waals surface area contributed by atoms with Gasteiger partial charge in [-0.15, -0.1) is 0 Å². The Bertz CT molecular complexity index is 669. The van der Waals surface area contributed by atoms with Crippen LogP contribution >= 0.6 is 11.8 Å². The lowest BCUT2D eigenvalue weighted by Gasteiger charge is -2.06. The van der Waals surface area contributed by atoms with E-state index in [0.717, 1.165) is 21.5 Å². The van der Waals surface area contributed by atoms with E-state index in [-0.39, 0.29) is 6.61 Å². The zero-order valence-electron chi connectivity index (χ0n) is 9.37. The van der Waals surface area contributed by atoms with Crippen LogP contribution in [0.25, 0.3) is 10.9 Å². The first-order valence-corrected chi connectivity index (χ1v) is 6.21. The average Bonchev–Trinajstić information content (AvgIpc) is 2.91. The van der Waals surface area contributed by atoms with Crippen LogP contribution in [0.5, 0.6) is 0 Å². The van der Waals surface area contributed by atoms with Gasteiger partial charge in [0.2, 0.25) is 0 Å². The van der Waals surface area contributed by atoms with Crippen LogP contribution in [-0.2, 0) is 6.61 Å². The SMILES string of the molecule is OCc1cc2ccccc2nc1Sc1ncn[nH]1. The van der Waals surface area contributed by atoms with E-state index >= 15 is 0 Å². The highest BCUT2D eigenvalue weighted by molar-refractivity contribution is 7.99. The third-order valence-electron chi connectivity index (χ3n) is 2.52. The summed E-state index contributed by atoms with van der Waals surface area (Å²) in [6.45, 7) is -0.0473. The van der Waals surface area contributed by atoms with Crippen LogP contribution in [0.2, 0.25) is 0 Å². The largest absolute Gasteiger partial charge is 0.392 e.